The van der Waals surface area contributed by atoms with Gasteiger partial charge >= 0.3 is 17.9 Å². The number of carbonyl (C=O) groups is 4. The number of allylic oxidation sites excluding steroid dienone is 2. The molecule has 1 amide bonds. The lowest BCUT2D eigenvalue weighted by molar-refractivity contribution is -0.146. The number of rotatable bonds is 7. The fourth-order valence-corrected chi connectivity index (χ4v) is 2.98. The molecule has 2 N–H and O–H groups in total. The Balaban J connectivity index is 2.34. The number of carboxylic acid groups (broad SMARTS) is 1. The quantitative estimate of drug-likeness (QED) is 0.543. The molecule has 28 heavy (non-hydrogen) atoms. The zero-order valence-corrected chi connectivity index (χ0v) is 15.8. The average Bonchev–Trinajstić information content (AvgIpc) is 2.68. The van der Waals surface area contributed by atoms with E-state index < -0.39 is 35.7 Å². The van der Waals surface area contributed by atoms with Crippen molar-refractivity contribution in [3.8, 4) is 0 Å². The molecule has 0 aliphatic heterocycles. The van der Waals surface area contributed by atoms with Crippen LogP contribution in [0.25, 0.3) is 0 Å². The molecule has 150 valence electrons. The smallest absolute Gasteiger partial charge is 0.340 e. The second-order valence-electron chi connectivity index (χ2n) is 6.18. The maximum atomic E-state index is 12.7. The highest BCUT2D eigenvalue weighted by Gasteiger charge is 2.34. The minimum Gasteiger partial charge on any atom is -0.481 e. The van der Waals surface area contributed by atoms with Gasteiger partial charge in [-0.25, -0.2) is 9.59 Å². The molecule has 8 nitrogen and oxygen atoms in total. The summed E-state index contributed by atoms with van der Waals surface area (Å²) >= 11 is 0. The third-order valence-electron chi connectivity index (χ3n) is 4.37. The first-order valence-corrected chi connectivity index (χ1v) is 9.05. The molecule has 0 fully saturated rings. The Hall–Kier alpha value is -3.16. The van der Waals surface area contributed by atoms with Crippen LogP contribution < -0.4 is 5.32 Å². The first-order valence-electron chi connectivity index (χ1n) is 9.05. The van der Waals surface area contributed by atoms with Gasteiger partial charge in [0.1, 0.15) is 0 Å². The maximum absolute atomic E-state index is 12.7. The van der Waals surface area contributed by atoms with E-state index in [1.807, 2.05) is 0 Å². The molecule has 0 radical (unpaired) electrons. The number of benzene rings is 1. The largest absolute Gasteiger partial charge is 0.481 e. The number of ether oxygens (including phenoxy) is 2. The monoisotopic (exact) mass is 389 g/mol. The predicted octanol–water partition coefficient (Wildman–Crippen LogP) is 2.65. The summed E-state index contributed by atoms with van der Waals surface area (Å²) in [6.07, 6.45) is 4.01. The number of aliphatic carboxylic acids is 1. The fraction of sp³-hybridized carbons (Fsp3) is 0.400. The molecule has 1 aliphatic carbocycles. The highest BCUT2D eigenvalue weighted by atomic mass is 16.5. The molecule has 1 aromatic carbocycles. The van der Waals surface area contributed by atoms with E-state index in [1.165, 1.54) is 18.2 Å². The summed E-state index contributed by atoms with van der Waals surface area (Å²) in [7, 11) is 0. The molecule has 0 saturated carbocycles. The third kappa shape index (κ3) is 4.97. The summed E-state index contributed by atoms with van der Waals surface area (Å²) < 4.78 is 9.94. The number of anilines is 1. The van der Waals surface area contributed by atoms with Crippen LogP contribution in [0.1, 0.15) is 47.4 Å². The van der Waals surface area contributed by atoms with Gasteiger partial charge in [-0.1, -0.05) is 12.2 Å². The number of esters is 2. The fourth-order valence-electron chi connectivity index (χ4n) is 2.98. The number of nitrogens with one attached hydrogen (secondary N) is 1. The second-order valence-corrected chi connectivity index (χ2v) is 6.18. The van der Waals surface area contributed by atoms with Crippen molar-refractivity contribution in [2.24, 2.45) is 11.8 Å². The van der Waals surface area contributed by atoms with E-state index in [1.54, 1.807) is 26.0 Å². The second kappa shape index (κ2) is 9.68. The van der Waals surface area contributed by atoms with E-state index in [0.29, 0.717) is 0 Å². The number of carbonyl (C=O) groups excluding carboxylic acids is 3. The average molecular weight is 389 g/mol. The molecular formula is C20H23NO7. The van der Waals surface area contributed by atoms with Crippen molar-refractivity contribution >= 4 is 29.5 Å². The summed E-state index contributed by atoms with van der Waals surface area (Å²) in [5, 5.41) is 12.0. The van der Waals surface area contributed by atoms with E-state index in [9.17, 15) is 24.3 Å². The van der Waals surface area contributed by atoms with Crippen LogP contribution in [0, 0.1) is 11.8 Å². The SMILES string of the molecule is CCOC(=O)c1ccc(C(=O)OCC)c(NC(=O)[C@@H]2CC=CC[C@H]2C(=O)O)c1. The molecule has 0 heterocycles. The number of hydrogen-bond donors (Lipinski definition) is 2. The summed E-state index contributed by atoms with van der Waals surface area (Å²) in [5.41, 5.74) is 0.303. The van der Waals surface area contributed by atoms with Crippen LogP contribution in [0.2, 0.25) is 0 Å². The van der Waals surface area contributed by atoms with Crippen molar-refractivity contribution in [3.63, 3.8) is 0 Å². The lowest BCUT2D eigenvalue weighted by Crippen LogP contribution is -2.35. The van der Waals surface area contributed by atoms with E-state index in [2.05, 4.69) is 5.32 Å². The Morgan fingerprint density at radius 3 is 2.21 bits per heavy atom. The lowest BCUT2D eigenvalue weighted by Gasteiger charge is -2.24. The van der Waals surface area contributed by atoms with Crippen LogP contribution in [0.15, 0.2) is 30.4 Å². The Morgan fingerprint density at radius 1 is 1.00 bits per heavy atom. The summed E-state index contributed by atoms with van der Waals surface area (Å²) in [4.78, 5) is 48.4. The van der Waals surface area contributed by atoms with E-state index >= 15 is 0 Å². The molecule has 0 unspecified atom stereocenters. The van der Waals surface area contributed by atoms with Gasteiger partial charge in [0.05, 0.1) is 41.9 Å². The molecule has 0 spiro atoms. The highest BCUT2D eigenvalue weighted by Crippen LogP contribution is 2.28. The van der Waals surface area contributed by atoms with E-state index in [-0.39, 0.29) is 42.9 Å². The molecule has 2 atom stereocenters. The van der Waals surface area contributed by atoms with Crippen molar-refractivity contribution in [2.75, 3.05) is 18.5 Å². The van der Waals surface area contributed by atoms with Crippen molar-refractivity contribution in [3.05, 3.63) is 41.5 Å². The first-order chi connectivity index (χ1) is 13.4. The molecule has 0 bridgehead atoms. The van der Waals surface area contributed by atoms with Gasteiger partial charge < -0.3 is 19.9 Å². The molecule has 2 rings (SSSR count). The Labute approximate surface area is 162 Å². The normalized spacial score (nSPS) is 18.2. The third-order valence-corrected chi connectivity index (χ3v) is 4.37. The van der Waals surface area contributed by atoms with Gasteiger partial charge in [0.15, 0.2) is 0 Å². The van der Waals surface area contributed by atoms with Gasteiger partial charge in [0, 0.05) is 0 Å². The summed E-state index contributed by atoms with van der Waals surface area (Å²) in [6.45, 7) is 3.63. The van der Waals surface area contributed by atoms with E-state index in [0.717, 1.165) is 0 Å². The van der Waals surface area contributed by atoms with E-state index in [4.69, 9.17) is 9.47 Å². The molecular weight excluding hydrogens is 366 g/mol. The van der Waals surface area contributed by atoms with Gasteiger partial charge in [0.25, 0.3) is 0 Å². The van der Waals surface area contributed by atoms with Crippen LogP contribution in [0.3, 0.4) is 0 Å². The summed E-state index contributed by atoms with van der Waals surface area (Å²) in [5.74, 6) is -4.50. The first kappa shape index (κ1) is 21.1. The van der Waals surface area contributed by atoms with Crippen molar-refractivity contribution in [1.29, 1.82) is 0 Å². The Morgan fingerprint density at radius 2 is 1.61 bits per heavy atom. The predicted molar refractivity (Wildman–Crippen MR) is 100.0 cm³/mol. The number of hydrogen-bond acceptors (Lipinski definition) is 6. The van der Waals surface area contributed by atoms with Gasteiger partial charge in [0.2, 0.25) is 5.91 Å². The zero-order chi connectivity index (χ0) is 20.7. The number of amides is 1. The van der Waals surface area contributed by atoms with Crippen LogP contribution in [-0.4, -0.2) is 42.1 Å². The molecule has 1 aromatic rings. The minimum absolute atomic E-state index is 0.0708. The number of carboxylic acids is 1. The molecule has 8 heteroatoms. The van der Waals surface area contributed by atoms with Gasteiger partial charge in [-0.05, 0) is 44.9 Å². The minimum atomic E-state index is -1.06. The highest BCUT2D eigenvalue weighted by molar-refractivity contribution is 6.04. The molecule has 1 aliphatic rings. The standard InChI is InChI=1S/C20H23NO7/c1-3-27-19(25)12-9-10-15(20(26)28-4-2)16(11-12)21-17(22)13-7-5-6-8-14(13)18(23)24/h5-6,9-11,13-14H,3-4,7-8H2,1-2H3,(H,21,22)(H,23,24)/t13-,14-/m1/s1. The Kier molecular flexibility index (Phi) is 7.31. The van der Waals surface area contributed by atoms with Crippen molar-refractivity contribution < 1.29 is 33.8 Å². The van der Waals surface area contributed by atoms with Crippen LogP contribution in [0.4, 0.5) is 5.69 Å². The Bertz CT molecular complexity index is 800. The topological polar surface area (TPSA) is 119 Å². The lowest BCUT2D eigenvalue weighted by atomic mass is 9.82. The van der Waals surface area contributed by atoms with Crippen molar-refractivity contribution in [2.45, 2.75) is 26.7 Å². The van der Waals surface area contributed by atoms with Gasteiger partial charge in [-0.3, -0.25) is 9.59 Å². The molecule has 0 saturated heterocycles. The van der Waals surface area contributed by atoms with Gasteiger partial charge in [-0.15, -0.1) is 0 Å². The zero-order valence-electron chi connectivity index (χ0n) is 15.8. The van der Waals surface area contributed by atoms with Gasteiger partial charge in [-0.2, -0.15) is 0 Å². The summed E-state index contributed by atoms with van der Waals surface area (Å²) in [6, 6.07) is 4.11. The van der Waals surface area contributed by atoms with Crippen LogP contribution in [0.5, 0.6) is 0 Å². The van der Waals surface area contributed by atoms with Crippen LogP contribution in [-0.2, 0) is 19.1 Å². The maximum Gasteiger partial charge on any atom is 0.340 e. The van der Waals surface area contributed by atoms with Crippen LogP contribution >= 0.6 is 0 Å². The molecule has 0 aromatic heterocycles. The van der Waals surface area contributed by atoms with Crippen molar-refractivity contribution in [1.82, 2.24) is 0 Å².